The summed E-state index contributed by atoms with van der Waals surface area (Å²) in [6.45, 7) is 5.09. The Kier molecular flexibility index (Phi) is 8.27. The first-order valence-electron chi connectivity index (χ1n) is 13.7. The van der Waals surface area contributed by atoms with E-state index in [1.807, 2.05) is 13.1 Å². The van der Waals surface area contributed by atoms with Crippen LogP contribution in [0.4, 0.5) is 0 Å². The second kappa shape index (κ2) is 11.8. The number of aryl methyl sites for hydroxylation is 2. The highest BCUT2D eigenvalue weighted by Gasteiger charge is 2.37. The monoisotopic (exact) mass is 552 g/mol. The Morgan fingerprint density at radius 2 is 1.90 bits per heavy atom. The van der Waals surface area contributed by atoms with Crippen molar-refractivity contribution < 1.29 is 18.0 Å². The number of hydrogen-bond acceptors (Lipinski definition) is 7. The van der Waals surface area contributed by atoms with E-state index in [-0.39, 0.29) is 17.4 Å². The normalized spacial score (nSPS) is 21.8. The van der Waals surface area contributed by atoms with Gasteiger partial charge in [0, 0.05) is 42.8 Å². The van der Waals surface area contributed by atoms with Gasteiger partial charge < -0.3 is 15.5 Å². The van der Waals surface area contributed by atoms with Crippen LogP contribution >= 0.6 is 0 Å². The van der Waals surface area contributed by atoms with Crippen LogP contribution in [0.25, 0.3) is 0 Å². The highest BCUT2D eigenvalue weighted by Crippen LogP contribution is 2.29. The van der Waals surface area contributed by atoms with Crippen LogP contribution in [-0.4, -0.2) is 65.1 Å². The number of nitrogens with one attached hydrogen (secondary N) is 2. The molecule has 3 aliphatic rings. The zero-order chi connectivity index (χ0) is 27.4. The number of fused-ring (bicyclic) bond motifs is 1. The molecule has 2 aliphatic heterocycles. The molecule has 1 aromatic carbocycles. The molecule has 0 bridgehead atoms. The number of sulfonamides is 1. The van der Waals surface area contributed by atoms with Crippen molar-refractivity contribution in [2.24, 2.45) is 0 Å². The fourth-order valence-corrected chi connectivity index (χ4v) is 6.95. The van der Waals surface area contributed by atoms with Crippen molar-refractivity contribution in [3.63, 3.8) is 0 Å². The van der Waals surface area contributed by atoms with Crippen LogP contribution < -0.4 is 10.6 Å². The quantitative estimate of drug-likeness (QED) is 0.515. The molecule has 1 aromatic heterocycles. The average molecular weight is 553 g/mol. The standard InChI is InChI=1S/C28H36N6O4S/c1-20-8-10-21(11-9-20)39(37,38)34-17-13-29-28(36)25(34)18-27(35)32-24-7-5-6-23-22(24)19-30-26(31-23)12-16-33-14-3-2-4-15-33/h8-11,13,17,19,24-25H,2-7,12,14-16,18H2,1H3,(H,29,36)(H,32,35)/t24-,25-/m1/s1. The molecular formula is C28H36N6O4S. The molecule has 1 aliphatic carbocycles. The van der Waals surface area contributed by atoms with Gasteiger partial charge in [-0.2, -0.15) is 0 Å². The lowest BCUT2D eigenvalue weighted by Crippen LogP contribution is -2.51. The highest BCUT2D eigenvalue weighted by atomic mass is 32.2. The van der Waals surface area contributed by atoms with Crippen molar-refractivity contribution in [3.05, 3.63) is 65.5 Å². The molecule has 0 radical (unpaired) electrons. The molecule has 0 spiro atoms. The summed E-state index contributed by atoms with van der Waals surface area (Å²) in [7, 11) is -4.02. The topological polar surface area (TPSA) is 125 Å². The summed E-state index contributed by atoms with van der Waals surface area (Å²) in [6, 6.07) is 4.93. The van der Waals surface area contributed by atoms with Gasteiger partial charge in [-0.15, -0.1) is 0 Å². The molecule has 2 amide bonds. The van der Waals surface area contributed by atoms with Gasteiger partial charge in [-0.1, -0.05) is 24.1 Å². The second-order valence-corrected chi connectivity index (χ2v) is 12.4. The third-order valence-electron chi connectivity index (χ3n) is 7.70. The van der Waals surface area contributed by atoms with Gasteiger partial charge in [0.25, 0.3) is 10.0 Å². The minimum atomic E-state index is -4.02. The summed E-state index contributed by atoms with van der Waals surface area (Å²) >= 11 is 0. The zero-order valence-corrected chi connectivity index (χ0v) is 23.1. The summed E-state index contributed by atoms with van der Waals surface area (Å²) in [4.78, 5) is 37.8. The van der Waals surface area contributed by atoms with Crippen molar-refractivity contribution in [1.29, 1.82) is 0 Å². The Bertz CT molecular complexity index is 1340. The molecule has 0 saturated carbocycles. The van der Waals surface area contributed by atoms with E-state index in [2.05, 4.69) is 20.5 Å². The SMILES string of the molecule is Cc1ccc(S(=O)(=O)N2C=CNC(=O)[C@H]2CC(=O)N[C@@H]2CCCc3nc(CCN4CCCCC4)ncc32)cc1. The van der Waals surface area contributed by atoms with Crippen molar-refractivity contribution >= 4 is 21.8 Å². The Hall–Kier alpha value is -3.31. The number of likely N-dealkylation sites (tertiary alicyclic amines) is 1. The van der Waals surface area contributed by atoms with E-state index in [4.69, 9.17) is 4.98 Å². The minimum Gasteiger partial charge on any atom is -0.349 e. The molecule has 0 unspecified atom stereocenters. The number of hydrogen-bond donors (Lipinski definition) is 2. The molecule has 2 aromatic rings. The third kappa shape index (κ3) is 6.30. The van der Waals surface area contributed by atoms with Crippen LogP contribution in [0.15, 0.2) is 47.8 Å². The number of nitrogens with zero attached hydrogens (tertiary/aromatic N) is 4. The Morgan fingerprint density at radius 3 is 2.67 bits per heavy atom. The van der Waals surface area contributed by atoms with Crippen LogP contribution in [0.3, 0.4) is 0 Å². The van der Waals surface area contributed by atoms with E-state index < -0.39 is 27.9 Å². The molecule has 2 N–H and O–H groups in total. The first kappa shape index (κ1) is 27.3. The van der Waals surface area contributed by atoms with Gasteiger partial charge in [0.1, 0.15) is 11.9 Å². The van der Waals surface area contributed by atoms with Crippen molar-refractivity contribution in [3.8, 4) is 0 Å². The number of piperidine rings is 1. The first-order chi connectivity index (χ1) is 18.8. The van der Waals surface area contributed by atoms with Gasteiger partial charge in [0.05, 0.1) is 17.4 Å². The summed E-state index contributed by atoms with van der Waals surface area (Å²) in [6.07, 6.45) is 11.1. The van der Waals surface area contributed by atoms with Crippen LogP contribution in [0.5, 0.6) is 0 Å². The second-order valence-electron chi connectivity index (χ2n) is 10.5. The maximum absolute atomic E-state index is 13.3. The lowest BCUT2D eigenvalue weighted by molar-refractivity contribution is -0.129. The van der Waals surface area contributed by atoms with Gasteiger partial charge >= 0.3 is 0 Å². The molecule has 2 atom stereocenters. The van der Waals surface area contributed by atoms with Crippen LogP contribution in [0.1, 0.15) is 67.2 Å². The van der Waals surface area contributed by atoms with Gasteiger partial charge in [-0.05, 0) is 64.3 Å². The molecule has 208 valence electrons. The van der Waals surface area contributed by atoms with Crippen LogP contribution in [0, 0.1) is 6.92 Å². The predicted octanol–water partition coefficient (Wildman–Crippen LogP) is 2.36. The third-order valence-corrected chi connectivity index (χ3v) is 9.50. The van der Waals surface area contributed by atoms with E-state index in [0.717, 1.165) is 72.3 Å². The number of carbonyl (C=O) groups is 2. The van der Waals surface area contributed by atoms with Crippen LogP contribution in [-0.2, 0) is 32.5 Å². The number of benzene rings is 1. The van der Waals surface area contributed by atoms with E-state index >= 15 is 0 Å². The lowest BCUT2D eigenvalue weighted by Gasteiger charge is -2.32. The van der Waals surface area contributed by atoms with Gasteiger partial charge in [-0.25, -0.2) is 18.4 Å². The molecule has 3 heterocycles. The number of aromatic nitrogens is 2. The lowest BCUT2D eigenvalue weighted by atomic mass is 9.92. The molecular weight excluding hydrogens is 516 g/mol. The Balaban J connectivity index is 1.25. The van der Waals surface area contributed by atoms with Gasteiger partial charge in [0.2, 0.25) is 11.8 Å². The Labute approximate surface area is 229 Å². The molecule has 10 nitrogen and oxygen atoms in total. The van der Waals surface area contributed by atoms with Gasteiger partial charge in [-0.3, -0.25) is 13.9 Å². The first-order valence-corrected chi connectivity index (χ1v) is 15.2. The van der Waals surface area contributed by atoms with Crippen LogP contribution in [0.2, 0.25) is 0 Å². The summed E-state index contributed by atoms with van der Waals surface area (Å²) in [5, 5.41) is 5.54. The summed E-state index contributed by atoms with van der Waals surface area (Å²) in [5.41, 5.74) is 2.77. The predicted molar refractivity (Wildman–Crippen MR) is 146 cm³/mol. The zero-order valence-electron chi connectivity index (χ0n) is 22.3. The minimum absolute atomic E-state index is 0.0623. The van der Waals surface area contributed by atoms with Crippen molar-refractivity contribution in [2.45, 2.75) is 75.3 Å². The number of carbonyl (C=O) groups excluding carboxylic acids is 2. The summed E-state index contributed by atoms with van der Waals surface area (Å²) in [5.74, 6) is -0.121. The molecule has 5 rings (SSSR count). The van der Waals surface area contributed by atoms with E-state index in [9.17, 15) is 18.0 Å². The fourth-order valence-electron chi connectivity index (χ4n) is 5.50. The van der Waals surface area contributed by atoms with Crippen molar-refractivity contribution in [1.82, 2.24) is 29.8 Å². The smallest absolute Gasteiger partial charge is 0.264 e. The molecule has 11 heteroatoms. The largest absolute Gasteiger partial charge is 0.349 e. The fraction of sp³-hybridized carbons (Fsp3) is 0.500. The summed E-state index contributed by atoms with van der Waals surface area (Å²) < 4.78 is 27.6. The Morgan fingerprint density at radius 1 is 1.13 bits per heavy atom. The highest BCUT2D eigenvalue weighted by molar-refractivity contribution is 7.89. The van der Waals surface area contributed by atoms with E-state index in [1.165, 1.54) is 43.8 Å². The average Bonchev–Trinajstić information content (AvgIpc) is 2.94. The number of rotatable bonds is 8. The maximum Gasteiger partial charge on any atom is 0.264 e. The molecule has 1 saturated heterocycles. The molecule has 39 heavy (non-hydrogen) atoms. The van der Waals surface area contributed by atoms with E-state index in [1.54, 1.807) is 12.1 Å². The number of amides is 2. The maximum atomic E-state index is 13.3. The molecule has 1 fully saturated rings. The van der Waals surface area contributed by atoms with E-state index in [0.29, 0.717) is 0 Å². The van der Waals surface area contributed by atoms with Gasteiger partial charge in [0.15, 0.2) is 0 Å². The van der Waals surface area contributed by atoms with Crippen molar-refractivity contribution in [2.75, 3.05) is 19.6 Å².